The zero-order valence-electron chi connectivity index (χ0n) is 15.3. The van der Waals surface area contributed by atoms with Gasteiger partial charge in [0.25, 0.3) is 0 Å². The fourth-order valence-electron chi connectivity index (χ4n) is 2.12. The summed E-state index contributed by atoms with van der Waals surface area (Å²) in [4.78, 5) is 13.8. The molecule has 0 unspecified atom stereocenters. The molecule has 9 nitrogen and oxygen atoms in total. The molecule has 2 N–H and O–H groups in total. The minimum absolute atomic E-state index is 0.276. The maximum absolute atomic E-state index is 12.3. The summed E-state index contributed by atoms with van der Waals surface area (Å²) < 4.78 is 29.0. The summed E-state index contributed by atoms with van der Waals surface area (Å²) in [5, 5.41) is 6.85. The third-order valence-electron chi connectivity index (χ3n) is 3.68. The van der Waals surface area contributed by atoms with Crippen molar-refractivity contribution in [2.75, 3.05) is 37.7 Å². The lowest BCUT2D eigenvalue weighted by Crippen LogP contribution is -2.33. The molecule has 142 valence electrons. The van der Waals surface area contributed by atoms with Crippen molar-refractivity contribution in [2.45, 2.75) is 6.42 Å². The third kappa shape index (κ3) is 5.46. The van der Waals surface area contributed by atoms with Gasteiger partial charge in [-0.2, -0.15) is 17.8 Å². The number of aryl methyl sites for hydroxylation is 1. The number of hydrogen-bond donors (Lipinski definition) is 2. The van der Waals surface area contributed by atoms with Gasteiger partial charge in [-0.25, -0.2) is 4.79 Å². The number of rotatable bonds is 7. The van der Waals surface area contributed by atoms with E-state index >= 15 is 0 Å². The molecule has 0 bridgehead atoms. The van der Waals surface area contributed by atoms with E-state index in [1.165, 1.54) is 14.1 Å². The van der Waals surface area contributed by atoms with Gasteiger partial charge >= 0.3 is 16.2 Å². The summed E-state index contributed by atoms with van der Waals surface area (Å²) in [6, 6.07) is 6.26. The maximum Gasteiger partial charge on any atom is 0.321 e. The molecule has 0 aliphatic carbocycles. The van der Waals surface area contributed by atoms with Gasteiger partial charge in [0.05, 0.1) is 11.9 Å². The van der Waals surface area contributed by atoms with Crippen LogP contribution in [-0.4, -0.2) is 61.1 Å². The van der Waals surface area contributed by atoms with Crippen molar-refractivity contribution in [3.8, 4) is 0 Å². The molecule has 2 aromatic rings. The van der Waals surface area contributed by atoms with Gasteiger partial charge in [-0.05, 0) is 30.2 Å². The zero-order valence-corrected chi connectivity index (χ0v) is 16.1. The Labute approximate surface area is 153 Å². The fourth-order valence-corrected chi connectivity index (χ4v) is 2.73. The molecule has 0 aliphatic heterocycles. The van der Waals surface area contributed by atoms with Crippen LogP contribution in [0.15, 0.2) is 36.7 Å². The summed E-state index contributed by atoms with van der Waals surface area (Å²) in [5.41, 5.74) is 1.92. The quantitative estimate of drug-likeness (QED) is 0.757. The zero-order chi connectivity index (χ0) is 19.3. The van der Waals surface area contributed by atoms with Crippen molar-refractivity contribution >= 4 is 27.6 Å². The average molecular weight is 380 g/mol. The van der Waals surface area contributed by atoms with Crippen LogP contribution in [0.2, 0.25) is 0 Å². The van der Waals surface area contributed by atoms with Crippen LogP contribution in [0, 0.1) is 0 Å². The Morgan fingerprint density at radius 1 is 1.23 bits per heavy atom. The number of benzene rings is 1. The van der Waals surface area contributed by atoms with Crippen LogP contribution in [-0.2, 0) is 23.7 Å². The average Bonchev–Trinajstić information content (AvgIpc) is 2.97. The number of likely N-dealkylation sites (N-methyl/N-ethyl adjacent to an activating group) is 1. The van der Waals surface area contributed by atoms with E-state index in [9.17, 15) is 13.2 Å². The lowest BCUT2D eigenvalue weighted by molar-refractivity contribution is 0.223. The van der Waals surface area contributed by atoms with Crippen LogP contribution in [0.3, 0.4) is 0 Å². The number of nitrogens with one attached hydrogen (secondary N) is 2. The number of anilines is 2. The molecule has 0 fully saturated rings. The van der Waals surface area contributed by atoms with Crippen molar-refractivity contribution in [2.24, 2.45) is 7.05 Å². The van der Waals surface area contributed by atoms with E-state index in [-0.39, 0.29) is 6.03 Å². The van der Waals surface area contributed by atoms with E-state index in [1.54, 1.807) is 47.1 Å². The number of hydrogen-bond acceptors (Lipinski definition) is 4. The molecule has 2 amide bonds. The van der Waals surface area contributed by atoms with Crippen molar-refractivity contribution in [1.82, 2.24) is 19.0 Å². The number of amides is 2. The predicted octanol–water partition coefficient (Wildman–Crippen LogP) is 1.34. The topological polar surface area (TPSA) is 99.6 Å². The Bertz CT molecular complexity index is 862. The number of carbonyl (C=O) groups is 1. The van der Waals surface area contributed by atoms with E-state index in [0.717, 1.165) is 9.87 Å². The molecule has 0 aliphatic rings. The molecule has 26 heavy (non-hydrogen) atoms. The van der Waals surface area contributed by atoms with E-state index < -0.39 is 10.2 Å². The van der Waals surface area contributed by atoms with Crippen LogP contribution >= 0.6 is 0 Å². The summed E-state index contributed by atoms with van der Waals surface area (Å²) in [7, 11) is 2.82. The smallest absolute Gasteiger partial charge is 0.321 e. The molecular weight excluding hydrogens is 356 g/mol. The minimum atomic E-state index is -3.60. The Kier molecular flexibility index (Phi) is 6.22. The largest absolute Gasteiger partial charge is 0.327 e. The van der Waals surface area contributed by atoms with Crippen molar-refractivity contribution in [3.05, 3.63) is 42.2 Å². The van der Waals surface area contributed by atoms with Crippen LogP contribution in [0.5, 0.6) is 0 Å². The lowest BCUT2D eigenvalue weighted by atomic mass is 10.2. The highest BCUT2D eigenvalue weighted by atomic mass is 32.2. The number of aromatic nitrogens is 2. The number of urea groups is 1. The predicted molar refractivity (Wildman–Crippen MR) is 101 cm³/mol. The molecule has 2 rings (SSSR count). The molecule has 0 saturated carbocycles. The van der Waals surface area contributed by atoms with Crippen molar-refractivity contribution in [3.63, 3.8) is 0 Å². The first-order valence-electron chi connectivity index (χ1n) is 7.97. The first-order chi connectivity index (χ1) is 12.2. The Hall–Kier alpha value is -2.59. The first kappa shape index (κ1) is 19.7. The van der Waals surface area contributed by atoms with E-state index in [0.29, 0.717) is 24.3 Å². The SMILES string of the molecule is CN(CCc1cnn(C)c1)C(=O)Nc1cccc(NS(=O)(=O)N(C)C)c1. The first-order valence-corrected chi connectivity index (χ1v) is 9.41. The second-order valence-corrected chi connectivity index (χ2v) is 7.98. The Morgan fingerprint density at radius 2 is 1.92 bits per heavy atom. The summed E-state index contributed by atoms with van der Waals surface area (Å²) in [6.07, 6.45) is 4.37. The molecule has 10 heteroatoms. The highest BCUT2D eigenvalue weighted by molar-refractivity contribution is 7.90. The summed E-state index contributed by atoms with van der Waals surface area (Å²) >= 11 is 0. The molecule has 1 heterocycles. The Morgan fingerprint density at radius 3 is 2.54 bits per heavy atom. The number of nitrogens with zero attached hydrogens (tertiary/aromatic N) is 4. The van der Waals surface area contributed by atoms with Crippen molar-refractivity contribution in [1.29, 1.82) is 0 Å². The molecule has 1 aromatic heterocycles. The van der Waals surface area contributed by atoms with Crippen molar-refractivity contribution < 1.29 is 13.2 Å². The fraction of sp³-hybridized carbons (Fsp3) is 0.375. The Balaban J connectivity index is 1.94. The van der Waals surface area contributed by atoms with Crippen LogP contribution in [0.1, 0.15) is 5.56 Å². The van der Waals surface area contributed by atoms with Crippen LogP contribution in [0.25, 0.3) is 0 Å². The summed E-state index contributed by atoms with van der Waals surface area (Å²) in [6.45, 7) is 0.532. The lowest BCUT2D eigenvalue weighted by Gasteiger charge is -2.18. The van der Waals surface area contributed by atoms with Gasteiger partial charge in [0, 0.05) is 46.6 Å². The second kappa shape index (κ2) is 8.19. The molecule has 0 atom stereocenters. The standard InChI is InChI=1S/C16H24N6O3S/c1-20(2)26(24,25)19-15-7-5-6-14(10-15)18-16(23)21(3)9-8-13-11-17-22(4)12-13/h5-7,10-12,19H,8-9H2,1-4H3,(H,18,23). The molecular formula is C16H24N6O3S. The third-order valence-corrected chi connectivity index (χ3v) is 5.14. The monoisotopic (exact) mass is 380 g/mol. The van der Waals surface area contributed by atoms with Gasteiger partial charge in [0.15, 0.2) is 0 Å². The van der Waals surface area contributed by atoms with Gasteiger partial charge in [0.2, 0.25) is 0 Å². The van der Waals surface area contributed by atoms with Gasteiger partial charge in [-0.1, -0.05) is 6.07 Å². The second-order valence-electron chi connectivity index (χ2n) is 6.09. The summed E-state index contributed by atoms with van der Waals surface area (Å²) in [5.74, 6) is 0. The van der Waals surface area contributed by atoms with E-state index in [4.69, 9.17) is 0 Å². The van der Waals surface area contributed by atoms with E-state index in [1.807, 2.05) is 13.2 Å². The molecule has 0 radical (unpaired) electrons. The maximum atomic E-state index is 12.3. The normalized spacial score (nSPS) is 11.4. The molecule has 1 aromatic carbocycles. The van der Waals surface area contributed by atoms with E-state index in [2.05, 4.69) is 15.1 Å². The van der Waals surface area contributed by atoms with Gasteiger partial charge < -0.3 is 10.2 Å². The minimum Gasteiger partial charge on any atom is -0.327 e. The van der Waals surface area contributed by atoms with Gasteiger partial charge in [-0.3, -0.25) is 9.40 Å². The molecule has 0 saturated heterocycles. The number of carbonyl (C=O) groups excluding carboxylic acids is 1. The highest BCUT2D eigenvalue weighted by Crippen LogP contribution is 2.17. The van der Waals surface area contributed by atoms with Gasteiger partial charge in [-0.15, -0.1) is 0 Å². The highest BCUT2D eigenvalue weighted by Gasteiger charge is 2.14. The molecule has 0 spiro atoms. The van der Waals surface area contributed by atoms with Crippen LogP contribution in [0.4, 0.5) is 16.2 Å². The van der Waals surface area contributed by atoms with Gasteiger partial charge in [0.1, 0.15) is 0 Å². The van der Waals surface area contributed by atoms with Crippen LogP contribution < -0.4 is 10.0 Å².